The average molecular weight is 514 g/mol. The number of urea groups is 1. The van der Waals surface area contributed by atoms with Crippen molar-refractivity contribution < 1.29 is 4.79 Å². The second-order valence-corrected chi connectivity index (χ2v) is 6.52. The van der Waals surface area contributed by atoms with Crippen LogP contribution in [0.25, 0.3) is 0 Å². The third kappa shape index (κ3) is 4.08. The molecule has 0 aliphatic rings. The molecule has 2 aromatic rings. The van der Waals surface area contributed by atoms with E-state index in [-0.39, 0.29) is 6.03 Å². The Balaban J connectivity index is 2.11. The molecule has 5 nitrogen and oxygen atoms in total. The summed E-state index contributed by atoms with van der Waals surface area (Å²) in [6.07, 6.45) is 0. The number of nitrogens with one attached hydrogen (secondary N) is 2. The quantitative estimate of drug-likeness (QED) is 0.587. The smallest absolute Gasteiger partial charge is 0.307 e. The number of nitrogens with zero attached hydrogens (tertiary/aromatic N) is 2. The van der Waals surface area contributed by atoms with Crippen LogP contribution in [0.3, 0.4) is 0 Å². The Morgan fingerprint density at radius 2 is 1.27 bits per heavy atom. The van der Waals surface area contributed by atoms with Gasteiger partial charge in [-0.15, -0.1) is 0 Å². The van der Waals surface area contributed by atoms with Crippen molar-refractivity contribution in [3.8, 4) is 12.1 Å². The first kappa shape index (κ1) is 16.5. The van der Waals surface area contributed by atoms with Crippen molar-refractivity contribution in [2.24, 2.45) is 0 Å². The van der Waals surface area contributed by atoms with Gasteiger partial charge in [-0.05, 0) is 81.6 Å². The summed E-state index contributed by atoms with van der Waals surface area (Å²) in [6.45, 7) is 0. The Morgan fingerprint density at radius 1 is 0.864 bits per heavy atom. The molecule has 0 bridgehead atoms. The highest BCUT2D eigenvalue weighted by Gasteiger charge is 2.09. The molecule has 0 fully saturated rings. The Labute approximate surface area is 154 Å². The van der Waals surface area contributed by atoms with Crippen LogP contribution >= 0.6 is 45.2 Å². The molecule has 22 heavy (non-hydrogen) atoms. The molecule has 0 aromatic heterocycles. The fourth-order valence-electron chi connectivity index (χ4n) is 1.65. The van der Waals surface area contributed by atoms with E-state index in [2.05, 4.69) is 55.8 Å². The topological polar surface area (TPSA) is 88.7 Å². The van der Waals surface area contributed by atoms with Crippen molar-refractivity contribution in [3.63, 3.8) is 0 Å². The van der Waals surface area contributed by atoms with Crippen molar-refractivity contribution in [1.29, 1.82) is 10.5 Å². The number of hydrogen-bond donors (Lipinski definition) is 2. The molecule has 0 heterocycles. The zero-order valence-corrected chi connectivity index (χ0v) is 15.3. The van der Waals surface area contributed by atoms with Crippen molar-refractivity contribution >= 4 is 62.6 Å². The molecule has 0 saturated carbocycles. The van der Waals surface area contributed by atoms with Gasteiger partial charge in [0.1, 0.15) is 0 Å². The maximum Gasteiger partial charge on any atom is 0.323 e. The van der Waals surface area contributed by atoms with Crippen LogP contribution in [0, 0.1) is 29.8 Å². The van der Waals surface area contributed by atoms with Gasteiger partial charge in [-0.3, -0.25) is 0 Å². The number of carbonyl (C=O) groups excluding carboxylic acids is 1. The number of halogens is 2. The summed E-state index contributed by atoms with van der Waals surface area (Å²) in [5.41, 5.74) is 2.33. The van der Waals surface area contributed by atoms with Crippen LogP contribution < -0.4 is 10.6 Å². The van der Waals surface area contributed by atoms with Gasteiger partial charge >= 0.3 is 6.03 Å². The lowest BCUT2D eigenvalue weighted by molar-refractivity contribution is 0.262. The van der Waals surface area contributed by atoms with Crippen molar-refractivity contribution in [2.75, 3.05) is 10.6 Å². The lowest BCUT2D eigenvalue weighted by atomic mass is 10.2. The highest BCUT2D eigenvalue weighted by Crippen LogP contribution is 2.22. The molecule has 0 spiro atoms. The number of anilines is 2. The van der Waals surface area contributed by atoms with Crippen LogP contribution in [-0.2, 0) is 0 Å². The maximum absolute atomic E-state index is 12.0. The molecule has 0 radical (unpaired) electrons. The first-order valence-corrected chi connectivity index (χ1v) is 8.16. The molecule has 0 aliphatic heterocycles. The zero-order chi connectivity index (χ0) is 16.1. The number of hydrogen-bond acceptors (Lipinski definition) is 3. The summed E-state index contributed by atoms with van der Waals surface area (Å²) in [4.78, 5) is 12.0. The van der Waals surface area contributed by atoms with Crippen LogP contribution in [-0.4, -0.2) is 6.03 Å². The van der Waals surface area contributed by atoms with Gasteiger partial charge < -0.3 is 10.6 Å². The van der Waals surface area contributed by atoms with Crippen LogP contribution in [0.15, 0.2) is 36.4 Å². The van der Waals surface area contributed by atoms with E-state index in [9.17, 15) is 4.79 Å². The number of amides is 2. The van der Waals surface area contributed by atoms with Crippen LogP contribution in [0.2, 0.25) is 0 Å². The van der Waals surface area contributed by atoms with E-state index in [4.69, 9.17) is 10.5 Å². The predicted molar refractivity (Wildman–Crippen MR) is 100 cm³/mol. The molecule has 0 unspecified atom stereocenters. The van der Waals surface area contributed by atoms with E-state index >= 15 is 0 Å². The van der Waals surface area contributed by atoms with Gasteiger partial charge in [0.05, 0.1) is 34.6 Å². The lowest BCUT2D eigenvalue weighted by Crippen LogP contribution is -2.20. The monoisotopic (exact) mass is 514 g/mol. The molecule has 108 valence electrons. The fourth-order valence-corrected chi connectivity index (χ4v) is 2.95. The van der Waals surface area contributed by atoms with Gasteiger partial charge in [0.15, 0.2) is 0 Å². The van der Waals surface area contributed by atoms with Crippen LogP contribution in [0.1, 0.15) is 11.1 Å². The van der Waals surface area contributed by atoms with Crippen LogP contribution in [0.4, 0.5) is 16.2 Å². The summed E-state index contributed by atoms with van der Waals surface area (Å²) in [6, 6.07) is 13.8. The van der Waals surface area contributed by atoms with E-state index in [1.165, 1.54) is 0 Å². The second kappa shape index (κ2) is 7.42. The Bertz CT molecular complexity index is 754. The van der Waals surface area contributed by atoms with Gasteiger partial charge in [-0.2, -0.15) is 10.5 Å². The minimum absolute atomic E-state index is 0.384. The SMILES string of the molecule is N#Cc1ccc(NC(=O)Nc2ccc(C#N)cc2I)c(I)c1. The second-order valence-electron chi connectivity index (χ2n) is 4.19. The number of carbonyl (C=O) groups is 1. The Kier molecular flexibility index (Phi) is 5.57. The number of rotatable bonds is 2. The van der Waals surface area contributed by atoms with Gasteiger partial charge in [-0.25, -0.2) is 4.79 Å². The average Bonchev–Trinajstić information content (AvgIpc) is 2.51. The van der Waals surface area contributed by atoms with Crippen molar-refractivity contribution in [2.45, 2.75) is 0 Å². The van der Waals surface area contributed by atoms with E-state index in [1.807, 2.05) is 12.1 Å². The Hall–Kier alpha value is -1.85. The van der Waals surface area contributed by atoms with E-state index < -0.39 is 0 Å². The molecule has 2 amide bonds. The highest BCUT2D eigenvalue weighted by atomic mass is 127. The first-order chi connectivity index (χ1) is 10.5. The number of nitriles is 2. The van der Waals surface area contributed by atoms with Crippen molar-refractivity contribution in [3.05, 3.63) is 54.7 Å². The predicted octanol–water partition coefficient (Wildman–Crippen LogP) is 4.28. The molecular formula is C15H8I2N4O. The first-order valence-electron chi connectivity index (χ1n) is 6.01. The Morgan fingerprint density at radius 3 is 1.59 bits per heavy atom. The molecule has 0 aliphatic carbocycles. The minimum atomic E-state index is -0.384. The summed E-state index contributed by atoms with van der Waals surface area (Å²) >= 11 is 4.12. The van der Waals surface area contributed by atoms with E-state index in [0.717, 1.165) is 7.14 Å². The minimum Gasteiger partial charge on any atom is -0.307 e. The highest BCUT2D eigenvalue weighted by molar-refractivity contribution is 14.1. The summed E-state index contributed by atoms with van der Waals surface area (Å²) < 4.78 is 1.56. The van der Waals surface area contributed by atoms with Crippen LogP contribution in [0.5, 0.6) is 0 Å². The molecule has 0 atom stereocenters. The third-order valence-corrected chi connectivity index (χ3v) is 4.48. The standard InChI is InChI=1S/C15H8I2N4O/c16-11-5-9(7-18)1-3-13(11)20-15(22)21-14-4-2-10(8-19)6-12(14)17/h1-6H,(H2,20,21,22). The summed E-state index contributed by atoms with van der Waals surface area (Å²) in [7, 11) is 0. The van der Waals surface area contributed by atoms with Gasteiger partial charge in [0, 0.05) is 7.14 Å². The molecule has 2 N–H and O–H groups in total. The molecule has 2 rings (SSSR count). The molecular weight excluding hydrogens is 506 g/mol. The maximum atomic E-state index is 12.0. The van der Waals surface area contributed by atoms with Gasteiger partial charge in [0.2, 0.25) is 0 Å². The molecule has 7 heteroatoms. The normalized spacial score (nSPS) is 9.45. The zero-order valence-electron chi connectivity index (χ0n) is 11.0. The van der Waals surface area contributed by atoms with Gasteiger partial charge in [-0.1, -0.05) is 0 Å². The number of benzene rings is 2. The lowest BCUT2D eigenvalue weighted by Gasteiger charge is -2.10. The van der Waals surface area contributed by atoms with Crippen molar-refractivity contribution in [1.82, 2.24) is 0 Å². The summed E-state index contributed by atoms with van der Waals surface area (Å²) in [5.74, 6) is 0. The summed E-state index contributed by atoms with van der Waals surface area (Å²) in [5, 5.41) is 23.1. The largest absolute Gasteiger partial charge is 0.323 e. The molecule has 0 saturated heterocycles. The third-order valence-electron chi connectivity index (χ3n) is 2.69. The van der Waals surface area contributed by atoms with E-state index in [0.29, 0.717) is 22.5 Å². The fraction of sp³-hybridized carbons (Fsp3) is 0. The van der Waals surface area contributed by atoms with Gasteiger partial charge in [0.25, 0.3) is 0 Å². The van der Waals surface area contributed by atoms with E-state index in [1.54, 1.807) is 36.4 Å². The molecule has 2 aromatic carbocycles.